The summed E-state index contributed by atoms with van der Waals surface area (Å²) in [5.74, 6) is 0.630. The lowest BCUT2D eigenvalue weighted by atomic mass is 9.83. The highest BCUT2D eigenvalue weighted by Gasteiger charge is 2.28. The van der Waals surface area contributed by atoms with E-state index in [0.717, 1.165) is 36.3 Å². The van der Waals surface area contributed by atoms with Crippen LogP contribution < -0.4 is 5.73 Å². The highest BCUT2D eigenvalue weighted by Crippen LogP contribution is 2.31. The van der Waals surface area contributed by atoms with Crippen molar-refractivity contribution in [3.05, 3.63) is 35.1 Å². The molecule has 0 amide bonds. The van der Waals surface area contributed by atoms with E-state index in [4.69, 9.17) is 5.73 Å². The van der Waals surface area contributed by atoms with Crippen LogP contribution in [-0.2, 0) is 6.42 Å². The highest BCUT2D eigenvalue weighted by molar-refractivity contribution is 5.28. The summed E-state index contributed by atoms with van der Waals surface area (Å²) in [7, 11) is 0. The summed E-state index contributed by atoms with van der Waals surface area (Å²) >= 11 is 0. The average Bonchev–Trinajstić information content (AvgIpc) is 2.47. The molecule has 1 saturated carbocycles. The van der Waals surface area contributed by atoms with Crippen LogP contribution in [0.5, 0.6) is 0 Å². The monoisotopic (exact) mass is 249 g/mol. The molecule has 2 rings (SSSR count). The van der Waals surface area contributed by atoms with E-state index in [0.29, 0.717) is 0 Å². The zero-order valence-electron chi connectivity index (χ0n) is 11.5. The van der Waals surface area contributed by atoms with E-state index in [1.165, 1.54) is 25.3 Å². The van der Waals surface area contributed by atoms with E-state index < -0.39 is 0 Å². The standard InChI is InChI=1S/C16H24FN/c1-12-4-3-8-16(18,9-7-12)11-14-10-15(17)6-5-13(14)2/h5-6,10,12H,3-4,7-9,11,18H2,1-2H3. The Labute approximate surface area is 110 Å². The molecule has 2 unspecified atom stereocenters. The molecule has 1 aliphatic rings. The summed E-state index contributed by atoms with van der Waals surface area (Å²) in [5, 5.41) is 0. The van der Waals surface area contributed by atoms with Crippen LogP contribution in [0, 0.1) is 18.7 Å². The van der Waals surface area contributed by atoms with Crippen LogP contribution in [0.4, 0.5) is 4.39 Å². The molecule has 2 atom stereocenters. The first-order valence-electron chi connectivity index (χ1n) is 7.02. The Morgan fingerprint density at radius 2 is 2.11 bits per heavy atom. The van der Waals surface area contributed by atoms with Crippen molar-refractivity contribution in [3.8, 4) is 0 Å². The Kier molecular flexibility index (Phi) is 4.06. The SMILES string of the molecule is Cc1ccc(F)cc1CC1(N)CCCC(C)CC1. The zero-order valence-corrected chi connectivity index (χ0v) is 11.5. The van der Waals surface area contributed by atoms with Crippen LogP contribution in [0.3, 0.4) is 0 Å². The van der Waals surface area contributed by atoms with E-state index in [9.17, 15) is 4.39 Å². The molecule has 1 aromatic rings. The van der Waals surface area contributed by atoms with Crippen molar-refractivity contribution in [2.75, 3.05) is 0 Å². The average molecular weight is 249 g/mol. The summed E-state index contributed by atoms with van der Waals surface area (Å²) < 4.78 is 13.3. The van der Waals surface area contributed by atoms with Crippen molar-refractivity contribution in [2.24, 2.45) is 11.7 Å². The molecule has 1 nitrogen and oxygen atoms in total. The highest BCUT2D eigenvalue weighted by atomic mass is 19.1. The van der Waals surface area contributed by atoms with Crippen molar-refractivity contribution in [3.63, 3.8) is 0 Å². The molecule has 0 heterocycles. The molecule has 100 valence electrons. The van der Waals surface area contributed by atoms with Crippen LogP contribution >= 0.6 is 0 Å². The van der Waals surface area contributed by atoms with Crippen molar-refractivity contribution >= 4 is 0 Å². The largest absolute Gasteiger partial charge is 0.325 e. The number of nitrogens with two attached hydrogens (primary N) is 1. The fourth-order valence-electron chi connectivity index (χ4n) is 2.99. The minimum Gasteiger partial charge on any atom is -0.325 e. The van der Waals surface area contributed by atoms with Crippen molar-refractivity contribution in [1.29, 1.82) is 0 Å². The number of halogens is 1. The third kappa shape index (κ3) is 3.32. The Hall–Kier alpha value is -0.890. The minimum absolute atomic E-state index is 0.136. The van der Waals surface area contributed by atoms with Gasteiger partial charge in [-0.1, -0.05) is 25.8 Å². The Morgan fingerprint density at radius 1 is 1.33 bits per heavy atom. The lowest BCUT2D eigenvalue weighted by Crippen LogP contribution is -2.41. The molecule has 0 bridgehead atoms. The summed E-state index contributed by atoms with van der Waals surface area (Å²) in [4.78, 5) is 0. The maximum absolute atomic E-state index is 13.3. The molecule has 18 heavy (non-hydrogen) atoms. The smallest absolute Gasteiger partial charge is 0.123 e. The van der Waals surface area contributed by atoms with Gasteiger partial charge in [0.25, 0.3) is 0 Å². The first-order valence-corrected chi connectivity index (χ1v) is 7.02. The van der Waals surface area contributed by atoms with Crippen molar-refractivity contribution < 1.29 is 4.39 Å². The van der Waals surface area contributed by atoms with Crippen LogP contribution in [0.2, 0.25) is 0 Å². The van der Waals surface area contributed by atoms with Gasteiger partial charge in [0.2, 0.25) is 0 Å². The third-order valence-electron chi connectivity index (χ3n) is 4.36. The fourth-order valence-corrected chi connectivity index (χ4v) is 2.99. The van der Waals surface area contributed by atoms with Crippen LogP contribution in [0.15, 0.2) is 18.2 Å². The zero-order chi connectivity index (χ0) is 13.2. The van der Waals surface area contributed by atoms with E-state index >= 15 is 0 Å². The molecule has 0 spiro atoms. The lowest BCUT2D eigenvalue weighted by molar-refractivity contribution is 0.362. The van der Waals surface area contributed by atoms with Gasteiger partial charge in [-0.25, -0.2) is 4.39 Å². The van der Waals surface area contributed by atoms with Gasteiger partial charge in [0.15, 0.2) is 0 Å². The number of benzene rings is 1. The summed E-state index contributed by atoms with van der Waals surface area (Å²) in [6.07, 6.45) is 6.61. The number of aryl methyl sites for hydroxylation is 1. The lowest BCUT2D eigenvalue weighted by Gasteiger charge is -2.29. The molecule has 0 saturated heterocycles. The fraction of sp³-hybridized carbons (Fsp3) is 0.625. The van der Waals surface area contributed by atoms with E-state index in [-0.39, 0.29) is 11.4 Å². The molecule has 0 aliphatic heterocycles. The van der Waals surface area contributed by atoms with Gasteiger partial charge in [0, 0.05) is 5.54 Å². The molecule has 0 aromatic heterocycles. The van der Waals surface area contributed by atoms with Gasteiger partial charge < -0.3 is 5.73 Å². The third-order valence-corrected chi connectivity index (χ3v) is 4.36. The molecular weight excluding hydrogens is 225 g/mol. The van der Waals surface area contributed by atoms with Gasteiger partial charge in [0.1, 0.15) is 5.82 Å². The van der Waals surface area contributed by atoms with Crippen LogP contribution in [0.25, 0.3) is 0 Å². The quantitative estimate of drug-likeness (QED) is 0.788. The molecule has 1 aromatic carbocycles. The summed E-state index contributed by atoms with van der Waals surface area (Å²) in [6, 6.07) is 5.03. The summed E-state index contributed by atoms with van der Waals surface area (Å²) in [5.41, 5.74) is 8.64. The van der Waals surface area contributed by atoms with Gasteiger partial charge in [-0.3, -0.25) is 0 Å². The Balaban J connectivity index is 2.13. The second-order valence-electron chi connectivity index (χ2n) is 6.15. The molecule has 1 fully saturated rings. The van der Waals surface area contributed by atoms with Crippen LogP contribution in [-0.4, -0.2) is 5.54 Å². The number of rotatable bonds is 2. The van der Waals surface area contributed by atoms with E-state index in [1.807, 2.05) is 13.0 Å². The van der Waals surface area contributed by atoms with Gasteiger partial charge >= 0.3 is 0 Å². The van der Waals surface area contributed by atoms with Crippen LogP contribution in [0.1, 0.15) is 50.2 Å². The molecule has 2 N–H and O–H groups in total. The Bertz CT molecular complexity index is 416. The Morgan fingerprint density at radius 3 is 2.89 bits per heavy atom. The maximum atomic E-state index is 13.3. The van der Waals surface area contributed by atoms with Gasteiger partial charge in [-0.05, 0) is 61.8 Å². The maximum Gasteiger partial charge on any atom is 0.123 e. The van der Waals surface area contributed by atoms with E-state index in [1.54, 1.807) is 6.07 Å². The second kappa shape index (κ2) is 5.40. The first kappa shape index (κ1) is 13.5. The molecule has 1 aliphatic carbocycles. The van der Waals surface area contributed by atoms with Crippen molar-refractivity contribution in [2.45, 2.75) is 57.9 Å². The summed E-state index contributed by atoms with van der Waals surface area (Å²) in [6.45, 7) is 4.34. The second-order valence-corrected chi connectivity index (χ2v) is 6.15. The number of hydrogen-bond acceptors (Lipinski definition) is 1. The van der Waals surface area contributed by atoms with Gasteiger partial charge in [-0.15, -0.1) is 0 Å². The first-order chi connectivity index (χ1) is 8.48. The minimum atomic E-state index is -0.152. The molecule has 2 heteroatoms. The molecular formula is C16H24FN. The molecule has 0 radical (unpaired) electrons. The van der Waals surface area contributed by atoms with Crippen molar-refractivity contribution in [1.82, 2.24) is 0 Å². The number of hydrogen-bond donors (Lipinski definition) is 1. The normalized spacial score (nSPS) is 29.0. The van der Waals surface area contributed by atoms with E-state index in [2.05, 4.69) is 6.92 Å². The van der Waals surface area contributed by atoms with Gasteiger partial charge in [0.05, 0.1) is 0 Å². The predicted octanol–water partition coefficient (Wildman–Crippen LogP) is 3.97. The predicted molar refractivity (Wildman–Crippen MR) is 74.0 cm³/mol. The van der Waals surface area contributed by atoms with Gasteiger partial charge in [-0.2, -0.15) is 0 Å². The topological polar surface area (TPSA) is 26.0 Å².